The van der Waals surface area contributed by atoms with E-state index in [0.29, 0.717) is 6.04 Å². The molecule has 18 heavy (non-hydrogen) atoms. The minimum absolute atomic E-state index is 0.0950. The molecule has 1 N–H and O–H groups in total. The molecule has 1 unspecified atom stereocenters. The van der Waals surface area contributed by atoms with Crippen molar-refractivity contribution in [2.24, 2.45) is 0 Å². The largest absolute Gasteiger partial charge is 0.378 e. The monoisotopic (exact) mass is 248 g/mol. The number of nitrogens with one attached hydrogen (secondary N) is 1. The van der Waals surface area contributed by atoms with Crippen molar-refractivity contribution in [1.29, 1.82) is 0 Å². The van der Waals surface area contributed by atoms with Gasteiger partial charge in [-0.05, 0) is 50.8 Å². The van der Waals surface area contributed by atoms with Gasteiger partial charge in [-0.15, -0.1) is 0 Å². The van der Waals surface area contributed by atoms with Crippen molar-refractivity contribution in [1.82, 2.24) is 10.3 Å². The molecule has 2 rings (SSSR count). The van der Waals surface area contributed by atoms with Crippen LogP contribution in [0.5, 0.6) is 0 Å². The van der Waals surface area contributed by atoms with Gasteiger partial charge in [-0.1, -0.05) is 13.0 Å². The topological polar surface area (TPSA) is 34.1 Å². The first-order valence-electron chi connectivity index (χ1n) is 6.90. The smallest absolute Gasteiger partial charge is 0.0697 e. The summed E-state index contributed by atoms with van der Waals surface area (Å²) in [6.45, 7) is 5.14. The maximum absolute atomic E-state index is 5.74. The van der Waals surface area contributed by atoms with E-state index in [4.69, 9.17) is 4.74 Å². The first-order chi connectivity index (χ1) is 8.69. The summed E-state index contributed by atoms with van der Waals surface area (Å²) in [4.78, 5) is 4.40. The molecule has 1 saturated carbocycles. The van der Waals surface area contributed by atoms with Crippen LogP contribution >= 0.6 is 0 Å². The molecule has 0 saturated heterocycles. The Balaban J connectivity index is 2.10. The summed E-state index contributed by atoms with van der Waals surface area (Å²) in [5.74, 6) is 0. The van der Waals surface area contributed by atoms with Crippen molar-refractivity contribution >= 4 is 0 Å². The Bertz CT molecular complexity index is 365. The molecule has 1 aromatic heterocycles. The van der Waals surface area contributed by atoms with E-state index in [9.17, 15) is 0 Å². The highest BCUT2D eigenvalue weighted by Gasteiger charge is 2.39. The summed E-state index contributed by atoms with van der Waals surface area (Å²) in [7, 11) is 1.84. The number of hydrogen-bond acceptors (Lipinski definition) is 3. The average molecular weight is 248 g/mol. The van der Waals surface area contributed by atoms with Crippen LogP contribution in [-0.4, -0.2) is 24.2 Å². The number of aromatic nitrogens is 1. The van der Waals surface area contributed by atoms with Crippen LogP contribution in [0.25, 0.3) is 0 Å². The summed E-state index contributed by atoms with van der Waals surface area (Å²) in [5, 5.41) is 3.56. The Morgan fingerprint density at radius 2 is 2.22 bits per heavy atom. The third-order valence-electron chi connectivity index (χ3n) is 4.06. The van der Waals surface area contributed by atoms with Crippen molar-refractivity contribution in [3.8, 4) is 0 Å². The second kappa shape index (κ2) is 5.81. The second-order valence-corrected chi connectivity index (χ2v) is 5.29. The van der Waals surface area contributed by atoms with Crippen LogP contribution < -0.4 is 5.32 Å². The molecule has 0 radical (unpaired) electrons. The second-order valence-electron chi connectivity index (χ2n) is 5.29. The van der Waals surface area contributed by atoms with Crippen molar-refractivity contribution in [3.63, 3.8) is 0 Å². The van der Waals surface area contributed by atoms with Gasteiger partial charge >= 0.3 is 0 Å². The van der Waals surface area contributed by atoms with Crippen LogP contribution in [0.15, 0.2) is 18.3 Å². The molecule has 0 amide bonds. The summed E-state index contributed by atoms with van der Waals surface area (Å²) in [5.41, 5.74) is 2.43. The lowest BCUT2D eigenvalue weighted by molar-refractivity contribution is -0.0837. The first-order valence-corrected chi connectivity index (χ1v) is 6.90. The van der Waals surface area contributed by atoms with E-state index in [0.717, 1.165) is 18.7 Å². The Labute approximate surface area is 110 Å². The number of pyridine rings is 1. The molecular weight excluding hydrogens is 224 g/mol. The maximum atomic E-state index is 5.74. The summed E-state index contributed by atoms with van der Waals surface area (Å²) in [6, 6.07) is 4.61. The van der Waals surface area contributed by atoms with Crippen LogP contribution in [0.3, 0.4) is 0 Å². The number of ether oxygens (including phenoxy) is 1. The molecular formula is C15H24N2O. The van der Waals surface area contributed by atoms with E-state index in [2.05, 4.69) is 29.4 Å². The number of aryl methyl sites for hydroxylation is 1. The lowest BCUT2D eigenvalue weighted by atomic mass is 9.75. The van der Waals surface area contributed by atoms with Gasteiger partial charge in [-0.25, -0.2) is 0 Å². The molecule has 1 atom stereocenters. The van der Waals surface area contributed by atoms with Gasteiger partial charge in [-0.3, -0.25) is 4.98 Å². The average Bonchev–Trinajstić information content (AvgIpc) is 2.33. The summed E-state index contributed by atoms with van der Waals surface area (Å²) in [6.07, 6.45) is 6.70. The van der Waals surface area contributed by atoms with E-state index in [1.165, 1.54) is 24.8 Å². The fraction of sp³-hybridized carbons (Fsp3) is 0.667. The van der Waals surface area contributed by atoms with Crippen LogP contribution in [0.2, 0.25) is 0 Å². The first kappa shape index (κ1) is 13.5. The molecule has 0 spiro atoms. The van der Waals surface area contributed by atoms with Crippen LogP contribution in [0.4, 0.5) is 0 Å². The van der Waals surface area contributed by atoms with Gasteiger partial charge in [0.05, 0.1) is 5.60 Å². The quantitative estimate of drug-likeness (QED) is 0.840. The van der Waals surface area contributed by atoms with E-state index < -0.39 is 0 Å². The van der Waals surface area contributed by atoms with Crippen LogP contribution in [-0.2, 0) is 4.74 Å². The molecule has 1 aliphatic rings. The van der Waals surface area contributed by atoms with E-state index in [1.54, 1.807) is 0 Å². The lowest BCUT2D eigenvalue weighted by Crippen LogP contribution is -2.42. The third-order valence-corrected chi connectivity index (χ3v) is 4.06. The van der Waals surface area contributed by atoms with Crippen molar-refractivity contribution in [2.75, 3.05) is 13.7 Å². The molecule has 3 nitrogen and oxygen atoms in total. The Morgan fingerprint density at radius 3 is 2.67 bits per heavy atom. The number of methoxy groups -OCH3 is 1. The normalized spacial score (nSPS) is 19.3. The molecule has 1 heterocycles. The summed E-state index contributed by atoms with van der Waals surface area (Å²) >= 11 is 0. The minimum Gasteiger partial charge on any atom is -0.378 e. The molecule has 0 aliphatic heterocycles. The highest BCUT2D eigenvalue weighted by Crippen LogP contribution is 2.41. The van der Waals surface area contributed by atoms with Gasteiger partial charge in [0.2, 0.25) is 0 Å². The molecule has 1 aromatic rings. The fourth-order valence-corrected chi connectivity index (χ4v) is 2.67. The highest BCUT2D eigenvalue weighted by molar-refractivity contribution is 5.18. The molecule has 0 aromatic carbocycles. The molecule has 0 bridgehead atoms. The molecule has 1 fully saturated rings. The third kappa shape index (κ3) is 2.90. The van der Waals surface area contributed by atoms with Gasteiger partial charge < -0.3 is 10.1 Å². The van der Waals surface area contributed by atoms with Gasteiger partial charge in [0.15, 0.2) is 0 Å². The zero-order chi connectivity index (χ0) is 13.0. The summed E-state index contributed by atoms with van der Waals surface area (Å²) < 4.78 is 5.74. The standard InChI is InChI=1S/C15H24N2O/c1-4-16-14(10-15(18-3)8-5-9-15)13-7-6-12(2)17-11-13/h6-7,11,14,16H,4-5,8-10H2,1-3H3. The number of rotatable bonds is 6. The zero-order valence-corrected chi connectivity index (χ0v) is 11.7. The van der Waals surface area contributed by atoms with Gasteiger partial charge in [0.1, 0.15) is 0 Å². The van der Waals surface area contributed by atoms with Crippen LogP contribution in [0, 0.1) is 6.92 Å². The van der Waals surface area contributed by atoms with Crippen LogP contribution in [0.1, 0.15) is 49.9 Å². The maximum Gasteiger partial charge on any atom is 0.0697 e. The van der Waals surface area contributed by atoms with Gasteiger partial charge in [0, 0.05) is 25.0 Å². The Morgan fingerprint density at radius 1 is 1.44 bits per heavy atom. The SMILES string of the molecule is CCNC(CC1(OC)CCC1)c1ccc(C)nc1. The number of hydrogen-bond donors (Lipinski definition) is 1. The van der Waals surface area contributed by atoms with Crippen molar-refractivity contribution in [2.45, 2.75) is 51.2 Å². The zero-order valence-electron chi connectivity index (χ0n) is 11.7. The lowest BCUT2D eigenvalue weighted by Gasteiger charge is -2.43. The van der Waals surface area contributed by atoms with E-state index in [-0.39, 0.29) is 5.60 Å². The van der Waals surface area contributed by atoms with E-state index in [1.807, 2.05) is 20.2 Å². The van der Waals surface area contributed by atoms with Crippen molar-refractivity contribution in [3.05, 3.63) is 29.6 Å². The Hall–Kier alpha value is -0.930. The predicted octanol–water partition coefficient (Wildman–Crippen LogP) is 3.00. The predicted molar refractivity (Wildman–Crippen MR) is 73.6 cm³/mol. The minimum atomic E-state index is 0.0950. The van der Waals surface area contributed by atoms with Gasteiger partial charge in [0.25, 0.3) is 0 Å². The molecule has 1 aliphatic carbocycles. The van der Waals surface area contributed by atoms with E-state index >= 15 is 0 Å². The number of nitrogens with zero attached hydrogens (tertiary/aromatic N) is 1. The van der Waals surface area contributed by atoms with Gasteiger partial charge in [-0.2, -0.15) is 0 Å². The fourth-order valence-electron chi connectivity index (χ4n) is 2.67. The van der Waals surface area contributed by atoms with Crippen molar-refractivity contribution < 1.29 is 4.74 Å². The molecule has 3 heteroatoms. The molecule has 100 valence electrons. The Kier molecular flexibility index (Phi) is 4.36. The highest BCUT2D eigenvalue weighted by atomic mass is 16.5.